The molecule has 0 aromatic heterocycles. The van der Waals surface area contributed by atoms with Gasteiger partial charge in [0.2, 0.25) is 0 Å². The minimum atomic E-state index is -0.841. The molecule has 0 saturated carbocycles. The second-order valence-corrected chi connectivity index (χ2v) is 5.62. The third-order valence-corrected chi connectivity index (χ3v) is 4.10. The summed E-state index contributed by atoms with van der Waals surface area (Å²) in [6, 6.07) is 1.96. The Labute approximate surface area is 114 Å². The lowest BCUT2D eigenvalue weighted by molar-refractivity contribution is 0.0936. The molecule has 0 aliphatic rings. The summed E-state index contributed by atoms with van der Waals surface area (Å²) in [7, 11) is 0. The van der Waals surface area contributed by atoms with E-state index in [1.54, 1.807) is 0 Å². The zero-order chi connectivity index (χ0) is 13.9. The van der Waals surface area contributed by atoms with E-state index in [9.17, 15) is 13.6 Å². The molecule has 0 atom stereocenters. The predicted molar refractivity (Wildman–Crippen MR) is 71.0 cm³/mol. The standard InChI is InChI=1S/C13H16BrF2NO/c1-8-4-9(11(16)5-10(8)15)12(18)17-7-13(2,3)6-14/h4-5H,6-7H2,1-3H3,(H,17,18). The number of amides is 1. The van der Waals surface area contributed by atoms with E-state index in [4.69, 9.17) is 0 Å². The van der Waals surface area contributed by atoms with E-state index in [1.807, 2.05) is 13.8 Å². The van der Waals surface area contributed by atoms with Gasteiger partial charge in [0.15, 0.2) is 0 Å². The SMILES string of the molecule is Cc1cc(C(=O)NCC(C)(C)CBr)c(F)cc1F. The van der Waals surface area contributed by atoms with Crippen LogP contribution in [0.5, 0.6) is 0 Å². The highest BCUT2D eigenvalue weighted by atomic mass is 79.9. The molecule has 0 fully saturated rings. The number of alkyl halides is 1. The Bertz CT molecular complexity index is 461. The van der Waals surface area contributed by atoms with E-state index in [-0.39, 0.29) is 16.5 Å². The quantitative estimate of drug-likeness (QED) is 0.846. The molecule has 2 nitrogen and oxygen atoms in total. The Morgan fingerprint density at radius 1 is 1.33 bits per heavy atom. The Morgan fingerprint density at radius 2 is 1.94 bits per heavy atom. The van der Waals surface area contributed by atoms with Crippen molar-refractivity contribution in [1.82, 2.24) is 5.32 Å². The van der Waals surface area contributed by atoms with Crippen molar-refractivity contribution in [2.24, 2.45) is 5.41 Å². The van der Waals surface area contributed by atoms with Gasteiger partial charge in [-0.2, -0.15) is 0 Å². The van der Waals surface area contributed by atoms with Crippen molar-refractivity contribution in [3.63, 3.8) is 0 Å². The number of halogens is 3. The summed E-state index contributed by atoms with van der Waals surface area (Å²) in [5.74, 6) is -2.01. The van der Waals surface area contributed by atoms with Crippen molar-refractivity contribution in [1.29, 1.82) is 0 Å². The van der Waals surface area contributed by atoms with Crippen LogP contribution in [0.3, 0.4) is 0 Å². The number of hydrogen-bond donors (Lipinski definition) is 1. The summed E-state index contributed by atoms with van der Waals surface area (Å²) in [6.07, 6.45) is 0. The van der Waals surface area contributed by atoms with E-state index in [0.29, 0.717) is 11.9 Å². The van der Waals surface area contributed by atoms with Crippen molar-refractivity contribution < 1.29 is 13.6 Å². The van der Waals surface area contributed by atoms with Crippen LogP contribution in [0.1, 0.15) is 29.8 Å². The molecule has 0 radical (unpaired) electrons. The van der Waals surface area contributed by atoms with Gasteiger partial charge in [-0.25, -0.2) is 8.78 Å². The van der Waals surface area contributed by atoms with E-state index in [1.165, 1.54) is 13.0 Å². The van der Waals surface area contributed by atoms with Gasteiger partial charge in [-0.05, 0) is 24.0 Å². The lowest BCUT2D eigenvalue weighted by Gasteiger charge is -2.22. The van der Waals surface area contributed by atoms with E-state index >= 15 is 0 Å². The highest BCUT2D eigenvalue weighted by Gasteiger charge is 2.19. The molecule has 1 rings (SSSR count). The molecule has 18 heavy (non-hydrogen) atoms. The first-order valence-corrected chi connectivity index (χ1v) is 6.69. The number of nitrogens with one attached hydrogen (secondary N) is 1. The van der Waals surface area contributed by atoms with Crippen LogP contribution in [0.25, 0.3) is 0 Å². The third-order valence-electron chi connectivity index (χ3n) is 2.58. The predicted octanol–water partition coefficient (Wildman–Crippen LogP) is 3.42. The Hall–Kier alpha value is -0.970. The second kappa shape index (κ2) is 5.78. The summed E-state index contributed by atoms with van der Waals surface area (Å²) in [6.45, 7) is 5.84. The Balaban J connectivity index is 2.82. The molecule has 1 aromatic carbocycles. The summed E-state index contributed by atoms with van der Waals surface area (Å²) in [5, 5.41) is 3.36. The van der Waals surface area contributed by atoms with E-state index in [0.717, 1.165) is 6.07 Å². The molecule has 0 bridgehead atoms. The first-order valence-electron chi connectivity index (χ1n) is 5.56. The van der Waals surface area contributed by atoms with Gasteiger partial charge in [-0.3, -0.25) is 4.79 Å². The molecule has 1 N–H and O–H groups in total. The lowest BCUT2D eigenvalue weighted by Crippen LogP contribution is -2.35. The first-order chi connectivity index (χ1) is 8.26. The maximum absolute atomic E-state index is 13.5. The molecule has 1 aromatic rings. The molecule has 0 saturated heterocycles. The van der Waals surface area contributed by atoms with Crippen molar-refractivity contribution in [2.45, 2.75) is 20.8 Å². The molecule has 100 valence electrons. The highest BCUT2D eigenvalue weighted by molar-refractivity contribution is 9.09. The largest absolute Gasteiger partial charge is 0.351 e. The van der Waals surface area contributed by atoms with Crippen LogP contribution in [0, 0.1) is 24.0 Å². The monoisotopic (exact) mass is 319 g/mol. The van der Waals surface area contributed by atoms with Gasteiger partial charge >= 0.3 is 0 Å². The maximum Gasteiger partial charge on any atom is 0.254 e. The van der Waals surface area contributed by atoms with Crippen LogP contribution in [0.15, 0.2) is 12.1 Å². The van der Waals surface area contributed by atoms with Gasteiger partial charge in [0.05, 0.1) is 5.56 Å². The molecular formula is C13H16BrF2NO. The number of rotatable bonds is 4. The topological polar surface area (TPSA) is 29.1 Å². The second-order valence-electron chi connectivity index (χ2n) is 5.06. The summed E-state index contributed by atoms with van der Waals surface area (Å²) >= 11 is 3.34. The smallest absolute Gasteiger partial charge is 0.254 e. The van der Waals surface area contributed by atoms with Gasteiger partial charge in [-0.15, -0.1) is 0 Å². The van der Waals surface area contributed by atoms with Gasteiger partial charge in [-0.1, -0.05) is 29.8 Å². The van der Waals surface area contributed by atoms with Crippen molar-refractivity contribution in [2.75, 3.05) is 11.9 Å². The third kappa shape index (κ3) is 3.77. The van der Waals surface area contributed by atoms with Crippen LogP contribution in [-0.2, 0) is 0 Å². The zero-order valence-corrected chi connectivity index (χ0v) is 12.2. The summed E-state index contributed by atoms with van der Waals surface area (Å²) in [4.78, 5) is 11.8. The fourth-order valence-corrected chi connectivity index (χ4v) is 1.49. The molecule has 0 heterocycles. The normalized spacial score (nSPS) is 11.4. The number of carbonyl (C=O) groups excluding carboxylic acids is 1. The number of benzene rings is 1. The number of aryl methyl sites for hydroxylation is 1. The van der Waals surface area contributed by atoms with Gasteiger partial charge in [0.1, 0.15) is 11.6 Å². The fourth-order valence-electron chi connectivity index (χ4n) is 1.29. The van der Waals surface area contributed by atoms with E-state index in [2.05, 4.69) is 21.2 Å². The van der Waals surface area contributed by atoms with Gasteiger partial charge in [0.25, 0.3) is 5.91 Å². The molecule has 5 heteroatoms. The molecule has 0 aliphatic heterocycles. The van der Waals surface area contributed by atoms with Crippen LogP contribution < -0.4 is 5.32 Å². The molecule has 0 unspecified atom stereocenters. The fraction of sp³-hybridized carbons (Fsp3) is 0.462. The van der Waals surface area contributed by atoms with Crippen LogP contribution in [-0.4, -0.2) is 17.8 Å². The first kappa shape index (κ1) is 15.1. The molecular weight excluding hydrogens is 304 g/mol. The zero-order valence-electron chi connectivity index (χ0n) is 10.6. The summed E-state index contributed by atoms with van der Waals surface area (Å²) < 4.78 is 26.5. The van der Waals surface area contributed by atoms with Crippen LogP contribution >= 0.6 is 15.9 Å². The van der Waals surface area contributed by atoms with Crippen LogP contribution in [0.4, 0.5) is 8.78 Å². The van der Waals surface area contributed by atoms with E-state index < -0.39 is 17.5 Å². The minimum absolute atomic E-state index is 0.124. The number of carbonyl (C=O) groups is 1. The average molecular weight is 320 g/mol. The van der Waals surface area contributed by atoms with Crippen molar-refractivity contribution in [3.05, 3.63) is 34.9 Å². The highest BCUT2D eigenvalue weighted by Crippen LogP contribution is 2.18. The van der Waals surface area contributed by atoms with Crippen molar-refractivity contribution in [3.8, 4) is 0 Å². The lowest BCUT2D eigenvalue weighted by atomic mass is 9.96. The summed E-state index contributed by atoms with van der Waals surface area (Å²) in [5.41, 5.74) is 0.00173. The average Bonchev–Trinajstić information content (AvgIpc) is 2.31. The number of hydrogen-bond acceptors (Lipinski definition) is 1. The minimum Gasteiger partial charge on any atom is -0.351 e. The molecule has 0 spiro atoms. The van der Waals surface area contributed by atoms with Gasteiger partial charge < -0.3 is 5.32 Å². The molecule has 1 amide bonds. The maximum atomic E-state index is 13.5. The Morgan fingerprint density at radius 3 is 2.50 bits per heavy atom. The van der Waals surface area contributed by atoms with Gasteiger partial charge in [0, 0.05) is 17.9 Å². The van der Waals surface area contributed by atoms with Crippen LogP contribution in [0.2, 0.25) is 0 Å². The Kier molecular flexibility index (Phi) is 4.85. The van der Waals surface area contributed by atoms with Crippen molar-refractivity contribution >= 4 is 21.8 Å². The molecule has 0 aliphatic carbocycles.